The molecular weight excluding hydrogens is 208 g/mol. The van der Waals surface area contributed by atoms with Gasteiger partial charge in [0, 0.05) is 10.8 Å². The first-order valence-electron chi connectivity index (χ1n) is 5.52. The van der Waals surface area contributed by atoms with E-state index in [1.165, 1.54) is 4.88 Å². The number of ether oxygens (including phenoxy) is 1. The minimum Gasteiger partial charge on any atom is -0.381 e. The van der Waals surface area contributed by atoms with Gasteiger partial charge in [-0.3, -0.25) is 4.79 Å². The number of Topliss-reactive ketones (excluding diaryl/α,β-unsaturated/α-hetero) is 1. The van der Waals surface area contributed by atoms with E-state index in [1.807, 2.05) is 6.07 Å². The van der Waals surface area contributed by atoms with Crippen LogP contribution < -0.4 is 0 Å². The van der Waals surface area contributed by atoms with Crippen molar-refractivity contribution in [2.75, 3.05) is 13.2 Å². The highest BCUT2D eigenvalue weighted by atomic mass is 32.1. The first-order chi connectivity index (χ1) is 7.31. The Morgan fingerprint density at radius 3 is 2.80 bits per heavy atom. The molecule has 0 N–H and O–H groups in total. The molecule has 0 radical (unpaired) electrons. The standard InChI is InChI=1S/C12H14O2S/c1-2-7-3-4-10(15-7)12(13)11-8-5-14-6-9(8)11/h3-4,8-9,11H,2,5-6H2,1H3. The second kappa shape index (κ2) is 3.42. The van der Waals surface area contributed by atoms with Gasteiger partial charge < -0.3 is 4.74 Å². The maximum Gasteiger partial charge on any atom is 0.176 e. The molecule has 3 rings (SSSR count). The molecule has 2 fully saturated rings. The summed E-state index contributed by atoms with van der Waals surface area (Å²) in [6, 6.07) is 4.06. The van der Waals surface area contributed by atoms with Gasteiger partial charge in [0.25, 0.3) is 0 Å². The van der Waals surface area contributed by atoms with Gasteiger partial charge in [-0.25, -0.2) is 0 Å². The number of hydrogen-bond acceptors (Lipinski definition) is 3. The zero-order valence-electron chi connectivity index (χ0n) is 8.73. The molecule has 2 nitrogen and oxygen atoms in total. The van der Waals surface area contributed by atoms with E-state index in [-0.39, 0.29) is 5.92 Å². The number of ketones is 1. The van der Waals surface area contributed by atoms with Crippen molar-refractivity contribution < 1.29 is 9.53 Å². The van der Waals surface area contributed by atoms with Gasteiger partial charge in [-0.15, -0.1) is 11.3 Å². The van der Waals surface area contributed by atoms with E-state index in [9.17, 15) is 4.79 Å². The van der Waals surface area contributed by atoms with Gasteiger partial charge >= 0.3 is 0 Å². The average molecular weight is 222 g/mol. The molecule has 2 aliphatic rings. The molecule has 0 bridgehead atoms. The largest absolute Gasteiger partial charge is 0.381 e. The highest BCUT2D eigenvalue weighted by molar-refractivity contribution is 7.14. The molecule has 0 aromatic carbocycles. The molecule has 2 unspecified atom stereocenters. The summed E-state index contributed by atoms with van der Waals surface area (Å²) in [7, 11) is 0. The molecule has 1 aromatic heterocycles. The van der Waals surface area contributed by atoms with E-state index in [0.717, 1.165) is 24.5 Å². The van der Waals surface area contributed by atoms with E-state index in [2.05, 4.69) is 13.0 Å². The third-order valence-electron chi connectivity index (χ3n) is 3.51. The van der Waals surface area contributed by atoms with Gasteiger partial charge in [0.15, 0.2) is 5.78 Å². The fourth-order valence-electron chi connectivity index (χ4n) is 2.49. The van der Waals surface area contributed by atoms with Crippen LogP contribution in [0.3, 0.4) is 0 Å². The highest BCUT2D eigenvalue weighted by Crippen LogP contribution is 2.52. The SMILES string of the molecule is CCc1ccc(C(=O)C2C3COCC32)s1. The lowest BCUT2D eigenvalue weighted by molar-refractivity contribution is 0.0897. The van der Waals surface area contributed by atoms with Crippen LogP contribution in [0.2, 0.25) is 0 Å². The van der Waals surface area contributed by atoms with Crippen molar-refractivity contribution in [3.05, 3.63) is 21.9 Å². The van der Waals surface area contributed by atoms with Crippen molar-refractivity contribution in [3.8, 4) is 0 Å². The molecule has 0 amide bonds. The number of thiophene rings is 1. The van der Waals surface area contributed by atoms with Crippen molar-refractivity contribution in [1.82, 2.24) is 0 Å². The van der Waals surface area contributed by atoms with E-state index >= 15 is 0 Å². The van der Waals surface area contributed by atoms with Gasteiger partial charge in [-0.05, 0) is 30.4 Å². The quantitative estimate of drug-likeness (QED) is 0.734. The van der Waals surface area contributed by atoms with Crippen molar-refractivity contribution in [2.24, 2.45) is 17.8 Å². The van der Waals surface area contributed by atoms with Gasteiger partial charge in [0.1, 0.15) is 0 Å². The molecule has 2 heterocycles. The fraction of sp³-hybridized carbons (Fsp3) is 0.583. The lowest BCUT2D eigenvalue weighted by Gasteiger charge is -2.00. The Morgan fingerprint density at radius 1 is 1.47 bits per heavy atom. The molecule has 0 spiro atoms. The number of aryl methyl sites for hydroxylation is 1. The fourth-order valence-corrected chi connectivity index (χ4v) is 3.43. The molecule has 2 atom stereocenters. The molecule has 3 heteroatoms. The number of carbonyl (C=O) groups is 1. The Hall–Kier alpha value is -0.670. The molecular formula is C12H14O2S. The van der Waals surface area contributed by atoms with Gasteiger partial charge in [-0.2, -0.15) is 0 Å². The monoisotopic (exact) mass is 222 g/mol. The van der Waals surface area contributed by atoms with E-state index in [0.29, 0.717) is 17.6 Å². The van der Waals surface area contributed by atoms with Gasteiger partial charge in [0.2, 0.25) is 0 Å². The molecule has 80 valence electrons. The summed E-state index contributed by atoms with van der Waals surface area (Å²) in [6.45, 7) is 3.72. The summed E-state index contributed by atoms with van der Waals surface area (Å²) in [5.41, 5.74) is 0. The normalized spacial score (nSPS) is 32.7. The second-order valence-corrected chi connectivity index (χ2v) is 5.54. The van der Waals surface area contributed by atoms with Crippen LogP contribution in [0.1, 0.15) is 21.5 Å². The number of hydrogen-bond donors (Lipinski definition) is 0. The minimum atomic E-state index is 0.280. The van der Waals surface area contributed by atoms with Crippen LogP contribution in [0.5, 0.6) is 0 Å². The topological polar surface area (TPSA) is 26.3 Å². The smallest absolute Gasteiger partial charge is 0.176 e. The third kappa shape index (κ3) is 1.45. The van der Waals surface area contributed by atoms with Crippen molar-refractivity contribution >= 4 is 17.1 Å². The Morgan fingerprint density at radius 2 is 2.20 bits per heavy atom. The number of carbonyl (C=O) groups excluding carboxylic acids is 1. The molecule has 1 aliphatic heterocycles. The number of fused-ring (bicyclic) bond motifs is 1. The summed E-state index contributed by atoms with van der Waals surface area (Å²) in [5.74, 6) is 1.70. The summed E-state index contributed by atoms with van der Waals surface area (Å²) in [5, 5.41) is 0. The van der Waals surface area contributed by atoms with Crippen LogP contribution in [-0.2, 0) is 11.2 Å². The lowest BCUT2D eigenvalue weighted by atomic mass is 10.1. The Labute approximate surface area is 93.3 Å². The average Bonchev–Trinajstić information content (AvgIpc) is 2.73. The maximum absolute atomic E-state index is 12.1. The zero-order chi connectivity index (χ0) is 10.4. The first-order valence-corrected chi connectivity index (χ1v) is 6.33. The Kier molecular flexibility index (Phi) is 2.18. The van der Waals surface area contributed by atoms with Gasteiger partial charge in [-0.1, -0.05) is 6.92 Å². The number of rotatable bonds is 3. The minimum absolute atomic E-state index is 0.280. The Bertz CT molecular complexity index is 386. The van der Waals surface area contributed by atoms with Crippen molar-refractivity contribution in [3.63, 3.8) is 0 Å². The molecule has 1 saturated heterocycles. The van der Waals surface area contributed by atoms with Crippen LogP contribution in [0, 0.1) is 17.8 Å². The van der Waals surface area contributed by atoms with Crippen molar-refractivity contribution in [2.45, 2.75) is 13.3 Å². The van der Waals surface area contributed by atoms with Crippen LogP contribution in [0.4, 0.5) is 0 Å². The predicted molar refractivity (Wildman–Crippen MR) is 59.3 cm³/mol. The summed E-state index contributed by atoms with van der Waals surface area (Å²) in [4.78, 5) is 14.4. The third-order valence-corrected chi connectivity index (χ3v) is 4.75. The molecule has 1 aliphatic carbocycles. The van der Waals surface area contributed by atoms with E-state index < -0.39 is 0 Å². The second-order valence-electron chi connectivity index (χ2n) is 4.37. The predicted octanol–water partition coefficient (Wildman–Crippen LogP) is 2.39. The van der Waals surface area contributed by atoms with E-state index in [1.54, 1.807) is 11.3 Å². The van der Waals surface area contributed by atoms with Crippen LogP contribution in [0.25, 0.3) is 0 Å². The van der Waals surface area contributed by atoms with Crippen LogP contribution in [0.15, 0.2) is 12.1 Å². The summed E-state index contributed by atoms with van der Waals surface area (Å²) in [6.07, 6.45) is 1.03. The summed E-state index contributed by atoms with van der Waals surface area (Å²) < 4.78 is 5.30. The lowest BCUT2D eigenvalue weighted by Crippen LogP contribution is -2.08. The van der Waals surface area contributed by atoms with Crippen LogP contribution >= 0.6 is 11.3 Å². The van der Waals surface area contributed by atoms with Crippen LogP contribution in [-0.4, -0.2) is 19.0 Å². The first kappa shape index (κ1) is 9.55. The van der Waals surface area contributed by atoms with E-state index in [4.69, 9.17) is 4.74 Å². The molecule has 1 saturated carbocycles. The maximum atomic E-state index is 12.1. The Balaban J connectivity index is 1.75. The zero-order valence-corrected chi connectivity index (χ0v) is 9.55. The molecule has 1 aromatic rings. The van der Waals surface area contributed by atoms with Gasteiger partial charge in [0.05, 0.1) is 18.1 Å². The summed E-state index contributed by atoms with van der Waals surface area (Å²) >= 11 is 1.66. The molecule has 15 heavy (non-hydrogen) atoms. The highest BCUT2D eigenvalue weighted by Gasteiger charge is 2.57. The van der Waals surface area contributed by atoms with Crippen molar-refractivity contribution in [1.29, 1.82) is 0 Å².